The van der Waals surface area contributed by atoms with Crippen LogP contribution >= 0.6 is 0 Å². The maximum absolute atomic E-state index is 13.7. The van der Waals surface area contributed by atoms with Crippen LogP contribution in [-0.2, 0) is 4.74 Å². The summed E-state index contributed by atoms with van der Waals surface area (Å²) in [6.07, 6.45) is 0. The van der Waals surface area contributed by atoms with Gasteiger partial charge in [-0.05, 0) is 51.1 Å². The standard InChI is InChI=1S/C29H30N4O6/c1-29(2,3)39-22-16-19(15-21(18-22)37-4)27-23-7-5-6-8-24(23)28(34)32(30-27)26-17-20(9-10-25(26)33(35)36)31-11-13-38-14-12-31/h5-10,15-18H,11-14H2,1-4H3. The second kappa shape index (κ2) is 10.4. The van der Waals surface area contributed by atoms with Crippen LogP contribution in [0.5, 0.6) is 11.5 Å². The average Bonchev–Trinajstić information content (AvgIpc) is 2.92. The van der Waals surface area contributed by atoms with E-state index in [4.69, 9.17) is 19.3 Å². The summed E-state index contributed by atoms with van der Waals surface area (Å²) in [7, 11) is 1.56. The molecule has 0 amide bonds. The topological polar surface area (TPSA) is 109 Å². The van der Waals surface area contributed by atoms with Crippen molar-refractivity contribution >= 4 is 22.1 Å². The number of hydrogen-bond acceptors (Lipinski definition) is 8. The van der Waals surface area contributed by atoms with Crippen molar-refractivity contribution in [3.63, 3.8) is 0 Å². The molecule has 0 N–H and O–H groups in total. The van der Waals surface area contributed by atoms with Gasteiger partial charge < -0.3 is 19.1 Å². The molecule has 1 aliphatic heterocycles. The Kier molecular flexibility index (Phi) is 6.96. The van der Waals surface area contributed by atoms with E-state index in [0.717, 1.165) is 10.4 Å². The highest BCUT2D eigenvalue weighted by atomic mass is 16.6. The second-order valence-corrected chi connectivity index (χ2v) is 10.3. The van der Waals surface area contributed by atoms with Gasteiger partial charge in [-0.2, -0.15) is 9.78 Å². The normalized spacial score (nSPS) is 13.9. The predicted molar refractivity (Wildman–Crippen MR) is 149 cm³/mol. The van der Waals surface area contributed by atoms with Crippen molar-refractivity contribution in [2.75, 3.05) is 38.3 Å². The lowest BCUT2D eigenvalue weighted by Crippen LogP contribution is -2.36. The molecule has 1 aromatic heterocycles. The van der Waals surface area contributed by atoms with Crippen molar-refractivity contribution in [3.05, 3.63) is 81.1 Å². The van der Waals surface area contributed by atoms with Gasteiger partial charge in [-0.1, -0.05) is 18.2 Å². The molecule has 1 saturated heterocycles. The van der Waals surface area contributed by atoms with Gasteiger partial charge in [0, 0.05) is 41.9 Å². The summed E-state index contributed by atoms with van der Waals surface area (Å²) in [6, 6.07) is 17.3. The molecule has 39 heavy (non-hydrogen) atoms. The minimum atomic E-state index is -0.498. The van der Waals surface area contributed by atoms with Crippen LogP contribution in [0.1, 0.15) is 20.8 Å². The monoisotopic (exact) mass is 530 g/mol. The first-order valence-electron chi connectivity index (χ1n) is 12.7. The molecular formula is C29H30N4O6. The third-order valence-corrected chi connectivity index (χ3v) is 6.38. The largest absolute Gasteiger partial charge is 0.497 e. The smallest absolute Gasteiger partial charge is 0.295 e. The number of nitro benzene ring substituents is 1. The van der Waals surface area contributed by atoms with E-state index in [1.54, 1.807) is 43.5 Å². The molecule has 3 aromatic carbocycles. The third-order valence-electron chi connectivity index (χ3n) is 6.38. The van der Waals surface area contributed by atoms with Gasteiger partial charge in [0.1, 0.15) is 22.8 Å². The van der Waals surface area contributed by atoms with Crippen LogP contribution in [0.25, 0.3) is 27.7 Å². The van der Waals surface area contributed by atoms with Gasteiger partial charge in [-0.25, -0.2) is 0 Å². The molecule has 0 aliphatic carbocycles. The summed E-state index contributed by atoms with van der Waals surface area (Å²) >= 11 is 0. The summed E-state index contributed by atoms with van der Waals surface area (Å²) in [5, 5.41) is 17.8. The number of ether oxygens (including phenoxy) is 3. The molecule has 4 aromatic rings. The van der Waals surface area contributed by atoms with E-state index in [2.05, 4.69) is 4.90 Å². The molecular weight excluding hydrogens is 500 g/mol. The average molecular weight is 531 g/mol. The Bertz CT molecular complexity index is 1600. The molecule has 0 saturated carbocycles. The van der Waals surface area contributed by atoms with Crippen LogP contribution in [0.3, 0.4) is 0 Å². The van der Waals surface area contributed by atoms with E-state index in [0.29, 0.717) is 59.8 Å². The number of benzene rings is 3. The lowest BCUT2D eigenvalue weighted by atomic mass is 10.0. The molecule has 0 spiro atoms. The van der Waals surface area contributed by atoms with Crippen molar-refractivity contribution in [1.29, 1.82) is 0 Å². The Morgan fingerprint density at radius 2 is 1.67 bits per heavy atom. The van der Waals surface area contributed by atoms with Crippen molar-refractivity contribution in [3.8, 4) is 28.4 Å². The molecule has 1 aliphatic rings. The van der Waals surface area contributed by atoms with Crippen LogP contribution in [0.2, 0.25) is 0 Å². The molecule has 0 unspecified atom stereocenters. The zero-order valence-electron chi connectivity index (χ0n) is 22.3. The minimum absolute atomic E-state index is 0.0926. The van der Waals surface area contributed by atoms with Crippen molar-refractivity contribution in [2.45, 2.75) is 26.4 Å². The van der Waals surface area contributed by atoms with E-state index in [1.807, 2.05) is 39.0 Å². The van der Waals surface area contributed by atoms with E-state index in [9.17, 15) is 14.9 Å². The van der Waals surface area contributed by atoms with E-state index < -0.39 is 16.1 Å². The maximum Gasteiger partial charge on any atom is 0.295 e. The van der Waals surface area contributed by atoms with Gasteiger partial charge in [0.05, 0.1) is 36.3 Å². The summed E-state index contributed by atoms with van der Waals surface area (Å²) in [5.41, 5.74) is 0.827. The van der Waals surface area contributed by atoms with Crippen molar-refractivity contribution in [2.24, 2.45) is 0 Å². The SMILES string of the molecule is COc1cc(OC(C)(C)C)cc(-c2nn(-c3cc(N4CCOCC4)ccc3[N+](=O)[O-])c(=O)c3ccccc23)c1. The molecule has 0 bridgehead atoms. The molecule has 10 heteroatoms. The quantitative estimate of drug-likeness (QED) is 0.254. The third kappa shape index (κ3) is 5.42. The molecule has 10 nitrogen and oxygen atoms in total. The number of morpholine rings is 1. The lowest BCUT2D eigenvalue weighted by Gasteiger charge is -2.29. The summed E-state index contributed by atoms with van der Waals surface area (Å²) < 4.78 is 18.2. The molecule has 5 rings (SSSR count). The number of nitrogens with zero attached hydrogens (tertiary/aromatic N) is 4. The zero-order chi connectivity index (χ0) is 27.7. The first-order chi connectivity index (χ1) is 18.6. The van der Waals surface area contributed by atoms with E-state index in [-0.39, 0.29) is 11.4 Å². The van der Waals surface area contributed by atoms with Gasteiger partial charge in [-0.3, -0.25) is 14.9 Å². The van der Waals surface area contributed by atoms with Crippen molar-refractivity contribution < 1.29 is 19.1 Å². The summed E-state index contributed by atoms with van der Waals surface area (Å²) in [6.45, 7) is 8.23. The van der Waals surface area contributed by atoms with Crippen LogP contribution in [0, 0.1) is 10.1 Å². The highest BCUT2D eigenvalue weighted by molar-refractivity contribution is 5.94. The van der Waals surface area contributed by atoms with Crippen molar-refractivity contribution in [1.82, 2.24) is 9.78 Å². The molecule has 202 valence electrons. The van der Waals surface area contributed by atoms with Gasteiger partial charge in [0.25, 0.3) is 11.2 Å². The number of aromatic nitrogens is 2. The van der Waals surface area contributed by atoms with Gasteiger partial charge >= 0.3 is 0 Å². The van der Waals surface area contributed by atoms with Crippen LogP contribution < -0.4 is 19.9 Å². The Balaban J connectivity index is 1.77. The fourth-order valence-electron chi connectivity index (χ4n) is 4.66. The summed E-state index contributed by atoms with van der Waals surface area (Å²) in [5.74, 6) is 1.12. The summed E-state index contributed by atoms with van der Waals surface area (Å²) in [4.78, 5) is 27.4. The fourth-order valence-corrected chi connectivity index (χ4v) is 4.66. The second-order valence-electron chi connectivity index (χ2n) is 10.3. The maximum atomic E-state index is 13.7. The Labute approximate surface area is 225 Å². The fraction of sp³-hybridized carbons (Fsp3) is 0.310. The Morgan fingerprint density at radius 3 is 2.33 bits per heavy atom. The molecule has 2 heterocycles. The molecule has 0 atom stereocenters. The first kappa shape index (κ1) is 26.2. The van der Waals surface area contributed by atoms with Gasteiger partial charge in [-0.15, -0.1) is 0 Å². The predicted octanol–water partition coefficient (Wildman–Crippen LogP) is 4.98. The zero-order valence-corrected chi connectivity index (χ0v) is 22.3. The van der Waals surface area contributed by atoms with E-state index in [1.165, 1.54) is 6.07 Å². The van der Waals surface area contributed by atoms with Crippen LogP contribution in [-0.4, -0.2) is 53.7 Å². The van der Waals surface area contributed by atoms with Gasteiger partial charge in [0.2, 0.25) is 0 Å². The van der Waals surface area contributed by atoms with Crippen LogP contribution in [0.4, 0.5) is 11.4 Å². The Morgan fingerprint density at radius 1 is 0.974 bits per heavy atom. The number of fused-ring (bicyclic) bond motifs is 1. The number of methoxy groups -OCH3 is 1. The lowest BCUT2D eigenvalue weighted by molar-refractivity contribution is -0.384. The number of nitro groups is 1. The number of anilines is 1. The van der Waals surface area contributed by atoms with E-state index >= 15 is 0 Å². The first-order valence-corrected chi connectivity index (χ1v) is 12.7. The number of rotatable bonds is 6. The Hall–Kier alpha value is -4.44. The highest BCUT2D eigenvalue weighted by Gasteiger charge is 2.24. The number of hydrogen-bond donors (Lipinski definition) is 0. The molecule has 0 radical (unpaired) electrons. The highest BCUT2D eigenvalue weighted by Crippen LogP contribution is 2.35. The molecule has 1 fully saturated rings. The van der Waals surface area contributed by atoms with Crippen LogP contribution in [0.15, 0.2) is 65.5 Å². The minimum Gasteiger partial charge on any atom is -0.497 e. The van der Waals surface area contributed by atoms with Gasteiger partial charge in [0.15, 0.2) is 0 Å².